The molecule has 1 aliphatic heterocycles. The molecule has 3 unspecified atom stereocenters. The fourth-order valence-corrected chi connectivity index (χ4v) is 2.31. The molecule has 4 nitrogen and oxygen atoms in total. The highest BCUT2D eigenvalue weighted by atomic mass is 16.5. The van der Waals surface area contributed by atoms with Crippen LogP contribution < -0.4 is 0 Å². The van der Waals surface area contributed by atoms with Crippen LogP contribution in [0.1, 0.15) is 33.6 Å². The Bertz CT molecular complexity index is 253. The van der Waals surface area contributed by atoms with Crippen LogP contribution in [0.4, 0.5) is 0 Å². The van der Waals surface area contributed by atoms with Crippen molar-refractivity contribution >= 4 is 5.97 Å². The van der Waals surface area contributed by atoms with Gasteiger partial charge in [0.05, 0.1) is 18.6 Å². The predicted octanol–water partition coefficient (Wildman–Crippen LogP) is 1.03. The van der Waals surface area contributed by atoms with Crippen LogP contribution in [-0.4, -0.2) is 47.8 Å². The van der Waals surface area contributed by atoms with Crippen molar-refractivity contribution < 1.29 is 14.6 Å². The Morgan fingerprint density at radius 1 is 1.50 bits per heavy atom. The van der Waals surface area contributed by atoms with Crippen LogP contribution in [0.3, 0.4) is 0 Å². The van der Waals surface area contributed by atoms with Crippen LogP contribution >= 0.6 is 0 Å². The molecule has 16 heavy (non-hydrogen) atoms. The number of ether oxygens (including phenoxy) is 1. The molecule has 0 amide bonds. The summed E-state index contributed by atoms with van der Waals surface area (Å²) in [5.41, 5.74) is -0.623. The lowest BCUT2D eigenvalue weighted by molar-refractivity contribution is -0.148. The molecule has 1 saturated heterocycles. The van der Waals surface area contributed by atoms with Gasteiger partial charge in [0.2, 0.25) is 0 Å². The minimum absolute atomic E-state index is 0.110. The Balaban J connectivity index is 2.59. The number of hydrogen-bond donors (Lipinski definition) is 1. The molecule has 0 radical (unpaired) electrons. The van der Waals surface area contributed by atoms with Crippen molar-refractivity contribution in [2.75, 3.05) is 20.2 Å². The molecule has 0 bridgehead atoms. The summed E-state index contributed by atoms with van der Waals surface area (Å²) < 4.78 is 4.75. The summed E-state index contributed by atoms with van der Waals surface area (Å²) in [5.74, 6) is -0.336. The molecule has 0 aromatic carbocycles. The van der Waals surface area contributed by atoms with Gasteiger partial charge < -0.3 is 9.84 Å². The largest absolute Gasteiger partial charge is 0.469 e. The first-order valence-electron chi connectivity index (χ1n) is 5.91. The van der Waals surface area contributed by atoms with Crippen LogP contribution in [0, 0.1) is 5.92 Å². The topological polar surface area (TPSA) is 49.8 Å². The summed E-state index contributed by atoms with van der Waals surface area (Å²) in [4.78, 5) is 13.6. The third-order valence-corrected chi connectivity index (χ3v) is 3.58. The smallest absolute Gasteiger partial charge is 0.309 e. The summed E-state index contributed by atoms with van der Waals surface area (Å²) in [7, 11) is 1.41. The van der Waals surface area contributed by atoms with Crippen LogP contribution in [0.2, 0.25) is 0 Å². The molecule has 1 rings (SSSR count). The van der Waals surface area contributed by atoms with Crippen LogP contribution in [0.15, 0.2) is 0 Å². The Labute approximate surface area is 97.6 Å². The highest BCUT2D eigenvalue weighted by molar-refractivity contribution is 5.72. The van der Waals surface area contributed by atoms with E-state index in [4.69, 9.17) is 4.74 Å². The van der Waals surface area contributed by atoms with E-state index in [2.05, 4.69) is 4.90 Å². The molecule has 3 atom stereocenters. The number of β-amino-alcohol motifs (C(OH)–C–C–N with tert-alkyl or cyclic N) is 1. The number of hydrogen-bond acceptors (Lipinski definition) is 4. The normalized spacial score (nSPS) is 30.8. The Morgan fingerprint density at radius 3 is 2.62 bits per heavy atom. The molecule has 1 N–H and O–H groups in total. The lowest BCUT2D eigenvalue weighted by atomic mass is 9.91. The Kier molecular flexibility index (Phi) is 4.33. The molecule has 0 aliphatic carbocycles. The van der Waals surface area contributed by atoms with Gasteiger partial charge >= 0.3 is 5.97 Å². The lowest BCUT2D eigenvalue weighted by Crippen LogP contribution is -2.52. The number of rotatable bonds is 3. The average Bonchev–Trinajstić information content (AvgIpc) is 2.24. The zero-order valence-corrected chi connectivity index (χ0v) is 10.7. The van der Waals surface area contributed by atoms with Crippen LogP contribution in [0.5, 0.6) is 0 Å². The quantitative estimate of drug-likeness (QED) is 0.734. The molecule has 0 spiro atoms. The van der Waals surface area contributed by atoms with Gasteiger partial charge in [-0.05, 0) is 33.2 Å². The number of esters is 1. The lowest BCUT2D eigenvalue weighted by Gasteiger charge is -2.41. The fourth-order valence-electron chi connectivity index (χ4n) is 2.31. The zero-order chi connectivity index (χ0) is 12.3. The number of methoxy groups -OCH3 is 1. The van der Waals surface area contributed by atoms with Gasteiger partial charge in [-0.3, -0.25) is 9.69 Å². The van der Waals surface area contributed by atoms with Crippen molar-refractivity contribution in [3.63, 3.8) is 0 Å². The van der Waals surface area contributed by atoms with Gasteiger partial charge in [-0.25, -0.2) is 0 Å². The SMILES string of the molecule is COC(=O)C(C)C(C)N1CCCC(C)(O)C1. The van der Waals surface area contributed by atoms with Gasteiger partial charge in [-0.1, -0.05) is 6.92 Å². The average molecular weight is 229 g/mol. The van der Waals surface area contributed by atoms with Gasteiger partial charge in [0, 0.05) is 12.6 Å². The Hall–Kier alpha value is -0.610. The zero-order valence-electron chi connectivity index (χ0n) is 10.7. The molecular weight excluding hydrogens is 206 g/mol. The monoisotopic (exact) mass is 229 g/mol. The van der Waals surface area contributed by atoms with E-state index in [1.165, 1.54) is 7.11 Å². The minimum Gasteiger partial charge on any atom is -0.469 e. The maximum atomic E-state index is 11.4. The fraction of sp³-hybridized carbons (Fsp3) is 0.917. The number of piperidine rings is 1. The van der Waals surface area contributed by atoms with E-state index in [0.717, 1.165) is 19.4 Å². The highest BCUT2D eigenvalue weighted by Gasteiger charge is 2.34. The standard InChI is InChI=1S/C12H23NO3/c1-9(11(14)16-4)10(2)13-7-5-6-12(3,15)8-13/h9-10,15H,5-8H2,1-4H3. The van der Waals surface area contributed by atoms with E-state index < -0.39 is 5.60 Å². The first-order valence-corrected chi connectivity index (χ1v) is 5.91. The second kappa shape index (κ2) is 5.15. The van der Waals surface area contributed by atoms with Gasteiger partial charge in [0.1, 0.15) is 0 Å². The van der Waals surface area contributed by atoms with Crippen molar-refractivity contribution in [2.45, 2.75) is 45.3 Å². The van der Waals surface area contributed by atoms with Gasteiger partial charge in [0.15, 0.2) is 0 Å². The number of nitrogens with zero attached hydrogens (tertiary/aromatic N) is 1. The molecule has 1 heterocycles. The number of aliphatic hydroxyl groups is 1. The van der Waals surface area contributed by atoms with Crippen molar-refractivity contribution in [3.8, 4) is 0 Å². The minimum atomic E-state index is -0.623. The number of likely N-dealkylation sites (tertiary alicyclic amines) is 1. The molecule has 4 heteroatoms. The van der Waals surface area contributed by atoms with Crippen molar-refractivity contribution in [1.29, 1.82) is 0 Å². The van der Waals surface area contributed by atoms with Crippen LogP contribution in [-0.2, 0) is 9.53 Å². The van der Waals surface area contributed by atoms with E-state index in [-0.39, 0.29) is 17.9 Å². The number of carbonyl (C=O) groups is 1. The second-order valence-electron chi connectivity index (χ2n) is 5.12. The Morgan fingerprint density at radius 2 is 2.12 bits per heavy atom. The maximum Gasteiger partial charge on any atom is 0.309 e. The number of carbonyl (C=O) groups excluding carboxylic acids is 1. The predicted molar refractivity (Wildman–Crippen MR) is 62.1 cm³/mol. The summed E-state index contributed by atoms with van der Waals surface area (Å²) in [5, 5.41) is 10.0. The van der Waals surface area contributed by atoms with Gasteiger partial charge in [-0.15, -0.1) is 0 Å². The molecular formula is C12H23NO3. The first-order chi connectivity index (χ1) is 7.37. The van der Waals surface area contributed by atoms with Crippen molar-refractivity contribution in [1.82, 2.24) is 4.90 Å². The third kappa shape index (κ3) is 3.19. The van der Waals surface area contributed by atoms with Crippen LogP contribution in [0.25, 0.3) is 0 Å². The van der Waals surface area contributed by atoms with E-state index in [1.54, 1.807) is 0 Å². The molecule has 1 fully saturated rings. The van der Waals surface area contributed by atoms with Crippen molar-refractivity contribution in [3.05, 3.63) is 0 Å². The van der Waals surface area contributed by atoms with E-state index >= 15 is 0 Å². The summed E-state index contributed by atoms with van der Waals surface area (Å²) in [6, 6.07) is 0.110. The first kappa shape index (κ1) is 13.5. The van der Waals surface area contributed by atoms with E-state index in [0.29, 0.717) is 6.54 Å². The van der Waals surface area contributed by atoms with Gasteiger partial charge in [-0.2, -0.15) is 0 Å². The second-order valence-corrected chi connectivity index (χ2v) is 5.12. The molecule has 0 aromatic heterocycles. The summed E-state index contributed by atoms with van der Waals surface area (Å²) >= 11 is 0. The summed E-state index contributed by atoms with van der Waals surface area (Å²) in [6.07, 6.45) is 1.81. The molecule has 0 saturated carbocycles. The third-order valence-electron chi connectivity index (χ3n) is 3.58. The van der Waals surface area contributed by atoms with E-state index in [9.17, 15) is 9.90 Å². The van der Waals surface area contributed by atoms with Crippen molar-refractivity contribution in [2.24, 2.45) is 5.92 Å². The highest BCUT2D eigenvalue weighted by Crippen LogP contribution is 2.24. The van der Waals surface area contributed by atoms with Gasteiger partial charge in [0.25, 0.3) is 0 Å². The molecule has 0 aromatic rings. The molecule has 94 valence electrons. The molecule has 1 aliphatic rings. The maximum absolute atomic E-state index is 11.4. The summed E-state index contributed by atoms with van der Waals surface area (Å²) in [6.45, 7) is 7.33. The van der Waals surface area contributed by atoms with E-state index in [1.807, 2.05) is 20.8 Å².